The lowest BCUT2D eigenvalue weighted by molar-refractivity contribution is -0.115. The van der Waals surface area contributed by atoms with Crippen LogP contribution in [0.4, 0.5) is 5.69 Å². The number of nitrogens with one attached hydrogen (secondary N) is 2. The van der Waals surface area contributed by atoms with Crippen molar-refractivity contribution >= 4 is 17.5 Å². The molecule has 4 nitrogen and oxygen atoms in total. The maximum atomic E-state index is 12.3. The SMILES string of the molecule is CC[C@@H](C)NC(=O)c1ccccc1NC(=O)Cc1ccccc1. The Morgan fingerprint density at radius 1 is 1.00 bits per heavy atom. The first-order chi connectivity index (χ1) is 11.1. The molecular weight excluding hydrogens is 288 g/mol. The topological polar surface area (TPSA) is 58.2 Å². The molecule has 23 heavy (non-hydrogen) atoms. The molecule has 0 saturated heterocycles. The zero-order chi connectivity index (χ0) is 16.7. The molecule has 0 fully saturated rings. The van der Waals surface area contributed by atoms with Crippen LogP contribution in [-0.2, 0) is 11.2 Å². The van der Waals surface area contributed by atoms with Gasteiger partial charge in [0.25, 0.3) is 5.91 Å². The summed E-state index contributed by atoms with van der Waals surface area (Å²) in [6.45, 7) is 3.97. The Balaban J connectivity index is 2.08. The van der Waals surface area contributed by atoms with Crippen LogP contribution < -0.4 is 10.6 Å². The summed E-state index contributed by atoms with van der Waals surface area (Å²) >= 11 is 0. The highest BCUT2D eigenvalue weighted by Gasteiger charge is 2.14. The minimum Gasteiger partial charge on any atom is -0.350 e. The second kappa shape index (κ2) is 8.13. The number of anilines is 1. The van der Waals surface area contributed by atoms with Crippen LogP contribution in [-0.4, -0.2) is 17.9 Å². The lowest BCUT2D eigenvalue weighted by Gasteiger charge is -2.14. The molecule has 2 amide bonds. The van der Waals surface area contributed by atoms with Crippen LogP contribution in [0.5, 0.6) is 0 Å². The van der Waals surface area contributed by atoms with E-state index in [9.17, 15) is 9.59 Å². The molecule has 0 aliphatic rings. The van der Waals surface area contributed by atoms with Gasteiger partial charge in [-0.1, -0.05) is 49.4 Å². The largest absolute Gasteiger partial charge is 0.350 e. The predicted octanol–water partition coefficient (Wildman–Crippen LogP) is 3.40. The van der Waals surface area contributed by atoms with E-state index in [-0.39, 0.29) is 24.3 Å². The summed E-state index contributed by atoms with van der Waals surface area (Å²) in [5.41, 5.74) is 1.95. The molecule has 2 aromatic rings. The maximum Gasteiger partial charge on any atom is 0.253 e. The molecule has 0 spiro atoms. The van der Waals surface area contributed by atoms with Crippen LogP contribution in [0.25, 0.3) is 0 Å². The summed E-state index contributed by atoms with van der Waals surface area (Å²) in [5.74, 6) is -0.310. The number of benzene rings is 2. The molecule has 0 unspecified atom stereocenters. The molecule has 2 rings (SSSR count). The molecule has 4 heteroatoms. The van der Waals surface area contributed by atoms with Gasteiger partial charge in [0, 0.05) is 6.04 Å². The number of amides is 2. The van der Waals surface area contributed by atoms with Gasteiger partial charge in [0.15, 0.2) is 0 Å². The molecule has 0 radical (unpaired) electrons. The van der Waals surface area contributed by atoms with Crippen molar-refractivity contribution in [2.45, 2.75) is 32.7 Å². The summed E-state index contributed by atoms with van der Waals surface area (Å²) in [6, 6.07) is 16.7. The molecule has 2 aromatic carbocycles. The van der Waals surface area contributed by atoms with Gasteiger partial charge in [0.05, 0.1) is 17.7 Å². The monoisotopic (exact) mass is 310 g/mol. The normalized spacial score (nSPS) is 11.6. The Morgan fingerprint density at radius 2 is 1.65 bits per heavy atom. The van der Waals surface area contributed by atoms with Gasteiger partial charge in [-0.25, -0.2) is 0 Å². The minimum atomic E-state index is -0.171. The molecule has 0 aliphatic carbocycles. The highest BCUT2D eigenvalue weighted by Crippen LogP contribution is 2.16. The van der Waals surface area contributed by atoms with E-state index in [1.54, 1.807) is 24.3 Å². The van der Waals surface area contributed by atoms with Crippen LogP contribution in [0, 0.1) is 0 Å². The van der Waals surface area contributed by atoms with E-state index in [0.29, 0.717) is 11.3 Å². The molecule has 120 valence electrons. The number of carbonyl (C=O) groups excluding carboxylic acids is 2. The molecule has 2 N–H and O–H groups in total. The standard InChI is InChI=1S/C19H22N2O2/c1-3-14(2)20-19(23)16-11-7-8-12-17(16)21-18(22)13-15-9-5-4-6-10-15/h4-12,14H,3,13H2,1-2H3,(H,20,23)(H,21,22)/t14-/m1/s1. The fourth-order valence-electron chi connectivity index (χ4n) is 2.17. The van der Waals surface area contributed by atoms with Crippen LogP contribution in [0.3, 0.4) is 0 Å². The first-order valence-electron chi connectivity index (χ1n) is 7.83. The van der Waals surface area contributed by atoms with Gasteiger partial charge in [0.1, 0.15) is 0 Å². The molecule has 0 bridgehead atoms. The average Bonchev–Trinajstić information content (AvgIpc) is 2.56. The highest BCUT2D eigenvalue weighted by atomic mass is 16.2. The molecule has 0 heterocycles. The Hall–Kier alpha value is -2.62. The Morgan fingerprint density at radius 3 is 2.35 bits per heavy atom. The molecular formula is C19H22N2O2. The van der Waals surface area contributed by atoms with E-state index in [1.165, 1.54) is 0 Å². The van der Waals surface area contributed by atoms with Crippen molar-refractivity contribution in [3.63, 3.8) is 0 Å². The summed E-state index contributed by atoms with van der Waals surface area (Å²) < 4.78 is 0. The van der Waals surface area contributed by atoms with Crippen molar-refractivity contribution in [3.05, 3.63) is 65.7 Å². The summed E-state index contributed by atoms with van der Waals surface area (Å²) in [6.07, 6.45) is 1.14. The van der Waals surface area contributed by atoms with E-state index >= 15 is 0 Å². The van der Waals surface area contributed by atoms with Gasteiger partial charge in [-0.05, 0) is 31.0 Å². The van der Waals surface area contributed by atoms with Crippen molar-refractivity contribution in [1.29, 1.82) is 0 Å². The summed E-state index contributed by atoms with van der Waals surface area (Å²) in [5, 5.41) is 5.75. The molecule has 0 aromatic heterocycles. The minimum absolute atomic E-state index is 0.0931. The fourth-order valence-corrected chi connectivity index (χ4v) is 2.17. The van der Waals surface area contributed by atoms with E-state index in [2.05, 4.69) is 10.6 Å². The lowest BCUT2D eigenvalue weighted by Crippen LogP contribution is -2.32. The third kappa shape index (κ3) is 4.95. The summed E-state index contributed by atoms with van der Waals surface area (Å²) in [4.78, 5) is 24.5. The van der Waals surface area contributed by atoms with Crippen molar-refractivity contribution in [2.24, 2.45) is 0 Å². The molecule has 0 aliphatic heterocycles. The van der Waals surface area contributed by atoms with E-state index in [0.717, 1.165) is 12.0 Å². The first kappa shape index (κ1) is 16.7. The quantitative estimate of drug-likeness (QED) is 0.859. The Labute approximate surface area is 136 Å². The van der Waals surface area contributed by atoms with Crippen LogP contribution in [0.2, 0.25) is 0 Å². The van der Waals surface area contributed by atoms with E-state index < -0.39 is 0 Å². The number of rotatable bonds is 6. The summed E-state index contributed by atoms with van der Waals surface area (Å²) in [7, 11) is 0. The number of para-hydroxylation sites is 1. The second-order valence-electron chi connectivity index (χ2n) is 5.54. The van der Waals surface area contributed by atoms with Gasteiger partial charge in [0.2, 0.25) is 5.91 Å². The van der Waals surface area contributed by atoms with Gasteiger partial charge in [-0.15, -0.1) is 0 Å². The van der Waals surface area contributed by atoms with Crippen LogP contribution >= 0.6 is 0 Å². The zero-order valence-corrected chi connectivity index (χ0v) is 13.5. The Bertz CT molecular complexity index is 668. The van der Waals surface area contributed by atoms with Gasteiger partial charge < -0.3 is 10.6 Å². The van der Waals surface area contributed by atoms with Crippen LogP contribution in [0.15, 0.2) is 54.6 Å². The van der Waals surface area contributed by atoms with Gasteiger partial charge >= 0.3 is 0 Å². The second-order valence-corrected chi connectivity index (χ2v) is 5.54. The maximum absolute atomic E-state index is 12.3. The molecule has 1 atom stereocenters. The Kier molecular flexibility index (Phi) is 5.92. The lowest BCUT2D eigenvalue weighted by atomic mass is 10.1. The smallest absolute Gasteiger partial charge is 0.253 e. The third-order valence-electron chi connectivity index (χ3n) is 3.64. The van der Waals surface area contributed by atoms with Crippen molar-refractivity contribution in [2.75, 3.05) is 5.32 Å². The van der Waals surface area contributed by atoms with E-state index in [4.69, 9.17) is 0 Å². The third-order valence-corrected chi connectivity index (χ3v) is 3.64. The van der Waals surface area contributed by atoms with E-state index in [1.807, 2.05) is 44.2 Å². The number of hydrogen-bond donors (Lipinski definition) is 2. The predicted molar refractivity (Wildman–Crippen MR) is 92.4 cm³/mol. The highest BCUT2D eigenvalue weighted by molar-refractivity contribution is 6.04. The number of hydrogen-bond acceptors (Lipinski definition) is 2. The van der Waals surface area contributed by atoms with Gasteiger partial charge in [-0.2, -0.15) is 0 Å². The van der Waals surface area contributed by atoms with Crippen molar-refractivity contribution in [3.8, 4) is 0 Å². The zero-order valence-electron chi connectivity index (χ0n) is 13.5. The number of carbonyl (C=O) groups is 2. The van der Waals surface area contributed by atoms with Crippen LogP contribution in [0.1, 0.15) is 36.2 Å². The fraction of sp³-hybridized carbons (Fsp3) is 0.263. The molecule has 0 saturated carbocycles. The first-order valence-corrected chi connectivity index (χ1v) is 7.83. The van der Waals surface area contributed by atoms with Gasteiger partial charge in [-0.3, -0.25) is 9.59 Å². The van der Waals surface area contributed by atoms with Crippen molar-refractivity contribution in [1.82, 2.24) is 5.32 Å². The average molecular weight is 310 g/mol. The van der Waals surface area contributed by atoms with Crippen molar-refractivity contribution < 1.29 is 9.59 Å².